The molecule has 9 heteroatoms. The molecule has 5 rings (SSSR count). The molecule has 1 N–H and O–H groups in total. The largest absolute Gasteiger partial charge is 0.475 e. The molecular weight excluding hydrogens is 424 g/mol. The van der Waals surface area contributed by atoms with Crippen molar-refractivity contribution in [2.24, 2.45) is 23.7 Å². The van der Waals surface area contributed by atoms with E-state index in [4.69, 9.17) is 9.26 Å². The van der Waals surface area contributed by atoms with E-state index >= 15 is 0 Å². The lowest BCUT2D eigenvalue weighted by Crippen LogP contribution is -2.55. The zero-order valence-electron chi connectivity index (χ0n) is 17.9. The maximum absolute atomic E-state index is 13.1. The number of hydrogen-bond acceptors (Lipinski definition) is 7. The van der Waals surface area contributed by atoms with Gasteiger partial charge in [-0.1, -0.05) is 13.8 Å². The van der Waals surface area contributed by atoms with Gasteiger partial charge in [0.05, 0.1) is 12.4 Å². The van der Waals surface area contributed by atoms with Crippen LogP contribution in [0.15, 0.2) is 9.42 Å². The van der Waals surface area contributed by atoms with Gasteiger partial charge in [-0.25, -0.2) is 8.42 Å². The summed E-state index contributed by atoms with van der Waals surface area (Å²) in [7, 11) is -3.03. The van der Waals surface area contributed by atoms with Crippen LogP contribution < -0.4 is 10.1 Å². The number of rotatable bonds is 9. The van der Waals surface area contributed by atoms with Crippen molar-refractivity contribution in [3.63, 3.8) is 0 Å². The summed E-state index contributed by atoms with van der Waals surface area (Å²) in [5, 5.41) is 7.47. The lowest BCUT2D eigenvalue weighted by atomic mass is 9.54. The Hall–Kier alpha value is -1.22. The molecule has 7 nitrogen and oxygen atoms in total. The molecule has 0 saturated heterocycles. The number of carbonyl (C=O) groups excluding carboxylic acids is 1. The summed E-state index contributed by atoms with van der Waals surface area (Å²) in [5.41, 5.74) is 0. The fourth-order valence-electron chi connectivity index (χ4n) is 5.71. The van der Waals surface area contributed by atoms with Crippen LogP contribution in [0.5, 0.6) is 5.88 Å². The van der Waals surface area contributed by atoms with Crippen LogP contribution in [0.2, 0.25) is 0 Å². The SMILES string of the molecule is CC(C)Sc1c(OCCCS(C)(=O)=O)noc1C(=O)NC1C2CC3CC(C2)CC1C3. The fourth-order valence-corrected chi connectivity index (χ4v) is 7.26. The van der Waals surface area contributed by atoms with E-state index in [2.05, 4.69) is 10.5 Å². The van der Waals surface area contributed by atoms with Crippen LogP contribution >= 0.6 is 11.8 Å². The second-order valence-electron chi connectivity index (χ2n) is 9.57. The van der Waals surface area contributed by atoms with E-state index < -0.39 is 9.84 Å². The molecule has 1 amide bonds. The van der Waals surface area contributed by atoms with Crippen LogP contribution in [0.4, 0.5) is 0 Å². The van der Waals surface area contributed by atoms with E-state index in [1.807, 2.05) is 13.8 Å². The molecule has 4 aliphatic carbocycles. The van der Waals surface area contributed by atoms with E-state index in [1.54, 1.807) is 0 Å². The van der Waals surface area contributed by atoms with Crippen molar-refractivity contribution in [1.82, 2.24) is 10.5 Å². The third kappa shape index (κ3) is 4.98. The van der Waals surface area contributed by atoms with Crippen molar-refractivity contribution in [3.8, 4) is 5.88 Å². The van der Waals surface area contributed by atoms with Crippen LogP contribution in [0.3, 0.4) is 0 Å². The highest BCUT2D eigenvalue weighted by molar-refractivity contribution is 8.00. The van der Waals surface area contributed by atoms with Gasteiger partial charge in [-0.3, -0.25) is 4.79 Å². The smallest absolute Gasteiger partial charge is 0.291 e. The van der Waals surface area contributed by atoms with Gasteiger partial charge in [0.2, 0.25) is 5.76 Å². The monoisotopic (exact) mass is 456 g/mol. The summed E-state index contributed by atoms with van der Waals surface area (Å²) in [6, 6.07) is 0.228. The van der Waals surface area contributed by atoms with E-state index in [-0.39, 0.29) is 41.2 Å². The molecule has 4 aliphatic rings. The second-order valence-corrected chi connectivity index (χ2v) is 13.4. The highest BCUT2D eigenvalue weighted by atomic mass is 32.2. The third-order valence-corrected chi connectivity index (χ3v) is 8.70. The molecule has 4 fully saturated rings. The lowest BCUT2D eigenvalue weighted by Gasteiger charge is -2.54. The summed E-state index contributed by atoms with van der Waals surface area (Å²) in [5.74, 6) is 3.20. The highest BCUT2D eigenvalue weighted by Gasteiger charge is 2.49. The Labute approximate surface area is 183 Å². The average Bonchev–Trinajstić information content (AvgIpc) is 3.02. The standard InChI is InChI=1S/C21H32N2O5S2/c1-12(2)29-19-18(28-23-21(19)27-5-4-6-30(3,25)26)20(24)22-17-15-8-13-7-14(10-15)11-16(17)9-13/h12-17H,4-11H2,1-3H3,(H,22,24). The van der Waals surface area contributed by atoms with Crippen molar-refractivity contribution in [2.45, 2.75) is 68.6 Å². The van der Waals surface area contributed by atoms with Gasteiger partial charge in [0.1, 0.15) is 14.7 Å². The van der Waals surface area contributed by atoms with Crippen LogP contribution in [0.1, 0.15) is 62.9 Å². The lowest BCUT2D eigenvalue weighted by molar-refractivity contribution is -0.0124. The summed E-state index contributed by atoms with van der Waals surface area (Å²) in [6.45, 7) is 4.27. The van der Waals surface area contributed by atoms with Crippen molar-refractivity contribution in [2.75, 3.05) is 18.6 Å². The van der Waals surface area contributed by atoms with E-state index in [1.165, 1.54) is 50.1 Å². The number of sulfone groups is 1. The number of aromatic nitrogens is 1. The van der Waals surface area contributed by atoms with Crippen LogP contribution in [0, 0.1) is 23.7 Å². The van der Waals surface area contributed by atoms with E-state index in [0.29, 0.717) is 23.2 Å². The predicted octanol–water partition coefficient (Wildman–Crippen LogP) is 3.54. The zero-order chi connectivity index (χ0) is 21.5. The topological polar surface area (TPSA) is 98.5 Å². The van der Waals surface area contributed by atoms with Crippen LogP contribution in [0.25, 0.3) is 0 Å². The van der Waals surface area contributed by atoms with Crippen molar-refractivity contribution < 1.29 is 22.5 Å². The Kier molecular flexibility index (Phi) is 6.40. The minimum atomic E-state index is -3.03. The number of carbonyl (C=O) groups is 1. The van der Waals surface area contributed by atoms with Gasteiger partial charge >= 0.3 is 0 Å². The Morgan fingerprint density at radius 1 is 1.20 bits per heavy atom. The Balaban J connectivity index is 1.43. The van der Waals surface area contributed by atoms with Gasteiger partial charge < -0.3 is 14.6 Å². The summed E-state index contributed by atoms with van der Waals surface area (Å²) in [4.78, 5) is 13.7. The molecular formula is C21H32N2O5S2. The molecule has 0 radical (unpaired) electrons. The molecule has 0 atom stereocenters. The summed E-state index contributed by atoms with van der Waals surface area (Å²) in [6.07, 6.45) is 7.88. The Morgan fingerprint density at radius 2 is 1.83 bits per heavy atom. The maximum atomic E-state index is 13.1. The summed E-state index contributed by atoms with van der Waals surface area (Å²) < 4.78 is 33.7. The normalized spacial score (nSPS) is 30.1. The first-order chi connectivity index (χ1) is 14.2. The van der Waals surface area contributed by atoms with Gasteiger partial charge in [-0.15, -0.1) is 11.8 Å². The molecule has 1 aromatic heterocycles. The first kappa shape index (κ1) is 22.0. The van der Waals surface area contributed by atoms with Gasteiger partial charge in [-0.2, -0.15) is 0 Å². The van der Waals surface area contributed by atoms with Crippen LogP contribution in [-0.2, 0) is 9.84 Å². The minimum Gasteiger partial charge on any atom is -0.475 e. The van der Waals surface area contributed by atoms with Gasteiger partial charge in [0.25, 0.3) is 11.8 Å². The molecule has 4 bridgehead atoms. The maximum Gasteiger partial charge on any atom is 0.291 e. The number of amides is 1. The average molecular weight is 457 g/mol. The van der Waals surface area contributed by atoms with E-state index in [0.717, 1.165) is 11.8 Å². The van der Waals surface area contributed by atoms with Crippen LogP contribution in [-0.4, -0.2) is 49.4 Å². The number of nitrogens with one attached hydrogen (secondary N) is 1. The van der Waals surface area contributed by atoms with Crippen molar-refractivity contribution >= 4 is 27.5 Å². The second kappa shape index (κ2) is 8.73. The third-order valence-electron chi connectivity index (χ3n) is 6.60. The molecule has 1 heterocycles. The van der Waals surface area contributed by atoms with E-state index in [9.17, 15) is 13.2 Å². The quantitative estimate of drug-likeness (QED) is 0.448. The first-order valence-corrected chi connectivity index (χ1v) is 13.9. The fraction of sp³-hybridized carbons (Fsp3) is 0.810. The number of ether oxygens (including phenoxy) is 1. The molecule has 0 spiro atoms. The first-order valence-electron chi connectivity index (χ1n) is 11.0. The molecule has 0 unspecified atom stereocenters. The van der Waals surface area contributed by atoms with Gasteiger partial charge in [0, 0.05) is 17.5 Å². The molecule has 0 aliphatic heterocycles. The predicted molar refractivity (Wildman–Crippen MR) is 116 cm³/mol. The van der Waals surface area contributed by atoms with Gasteiger partial charge in [-0.05, 0) is 67.4 Å². The number of hydrogen-bond donors (Lipinski definition) is 1. The molecule has 0 aromatic carbocycles. The number of thioether (sulfide) groups is 1. The molecule has 168 valence electrons. The minimum absolute atomic E-state index is 0.0529. The van der Waals surface area contributed by atoms with Crippen molar-refractivity contribution in [3.05, 3.63) is 5.76 Å². The summed E-state index contributed by atoms with van der Waals surface area (Å²) >= 11 is 1.48. The Morgan fingerprint density at radius 3 is 2.40 bits per heavy atom. The molecule has 30 heavy (non-hydrogen) atoms. The zero-order valence-corrected chi connectivity index (χ0v) is 19.6. The number of nitrogens with zero attached hydrogens (tertiary/aromatic N) is 1. The van der Waals surface area contributed by atoms with Crippen molar-refractivity contribution in [1.29, 1.82) is 0 Å². The Bertz CT molecular complexity index is 852. The highest BCUT2D eigenvalue weighted by Crippen LogP contribution is 2.53. The molecule has 4 saturated carbocycles. The molecule has 1 aromatic rings. The van der Waals surface area contributed by atoms with Gasteiger partial charge in [0.15, 0.2) is 0 Å².